The molecule has 13 heavy (non-hydrogen) atoms. The summed E-state index contributed by atoms with van der Waals surface area (Å²) in [5.41, 5.74) is 0. The number of aliphatic hydroxyl groups excluding tert-OH is 1. The van der Waals surface area contributed by atoms with E-state index in [1.807, 2.05) is 6.92 Å². The van der Waals surface area contributed by atoms with Crippen LogP contribution in [0.1, 0.15) is 33.1 Å². The predicted octanol–water partition coefficient (Wildman–Crippen LogP) is 0.737. The normalized spacial score (nSPS) is 13.2. The first-order valence-corrected chi connectivity index (χ1v) is 5.37. The molecule has 0 aliphatic carbocycles. The molecule has 1 atom stereocenters. The van der Waals surface area contributed by atoms with E-state index in [0.717, 1.165) is 39.0 Å². The van der Waals surface area contributed by atoms with E-state index in [9.17, 15) is 0 Å². The maximum atomic E-state index is 8.98. The summed E-state index contributed by atoms with van der Waals surface area (Å²) in [5, 5.41) is 15.6. The summed E-state index contributed by atoms with van der Waals surface area (Å²) in [4.78, 5) is 0. The van der Waals surface area contributed by atoms with E-state index in [-0.39, 0.29) is 6.10 Å². The number of nitrogens with one attached hydrogen (secondary N) is 2. The first kappa shape index (κ1) is 12.9. The molecule has 3 N–H and O–H groups in total. The molecule has 0 aliphatic rings. The molecule has 0 heterocycles. The Kier molecular flexibility index (Phi) is 9.87. The van der Waals surface area contributed by atoms with Gasteiger partial charge in [0.15, 0.2) is 0 Å². The molecule has 0 bridgehead atoms. The lowest BCUT2D eigenvalue weighted by Crippen LogP contribution is -2.28. The lowest BCUT2D eigenvalue weighted by molar-refractivity contribution is 0.181. The van der Waals surface area contributed by atoms with E-state index in [2.05, 4.69) is 17.6 Å². The highest BCUT2D eigenvalue weighted by Gasteiger charge is 1.94. The Hall–Kier alpha value is -0.120. The monoisotopic (exact) mass is 188 g/mol. The number of hydrogen-bond donors (Lipinski definition) is 3. The summed E-state index contributed by atoms with van der Waals surface area (Å²) in [6, 6.07) is 0. The molecule has 0 radical (unpaired) electrons. The van der Waals surface area contributed by atoms with E-state index < -0.39 is 0 Å². The smallest absolute Gasteiger partial charge is 0.0512 e. The fourth-order valence-electron chi connectivity index (χ4n) is 1.13. The van der Waals surface area contributed by atoms with Crippen molar-refractivity contribution in [2.24, 2.45) is 0 Å². The van der Waals surface area contributed by atoms with Gasteiger partial charge < -0.3 is 15.7 Å². The van der Waals surface area contributed by atoms with Crippen LogP contribution >= 0.6 is 0 Å². The second-order valence-electron chi connectivity index (χ2n) is 3.49. The predicted molar refractivity (Wildman–Crippen MR) is 56.9 cm³/mol. The quantitative estimate of drug-likeness (QED) is 0.468. The van der Waals surface area contributed by atoms with Crippen LogP contribution in [0.15, 0.2) is 0 Å². The summed E-state index contributed by atoms with van der Waals surface area (Å²) in [6.45, 7) is 8.20. The van der Waals surface area contributed by atoms with Crippen LogP contribution in [0.5, 0.6) is 0 Å². The zero-order valence-corrected chi connectivity index (χ0v) is 8.97. The molecule has 0 amide bonds. The molecule has 1 unspecified atom stereocenters. The number of rotatable bonds is 9. The van der Waals surface area contributed by atoms with Crippen molar-refractivity contribution >= 4 is 0 Å². The zero-order chi connectivity index (χ0) is 9.94. The van der Waals surface area contributed by atoms with Crippen LogP contribution in [0.2, 0.25) is 0 Å². The van der Waals surface area contributed by atoms with Crippen molar-refractivity contribution in [3.05, 3.63) is 0 Å². The lowest BCUT2D eigenvalue weighted by atomic mass is 10.2. The molecule has 0 aromatic heterocycles. The maximum absolute atomic E-state index is 8.98. The molecule has 3 heteroatoms. The van der Waals surface area contributed by atoms with Crippen LogP contribution in [-0.2, 0) is 0 Å². The summed E-state index contributed by atoms with van der Waals surface area (Å²) >= 11 is 0. The number of aliphatic hydroxyl groups is 1. The largest absolute Gasteiger partial charge is 0.393 e. The Balaban J connectivity index is 2.84. The highest BCUT2D eigenvalue weighted by Crippen LogP contribution is 1.92. The van der Waals surface area contributed by atoms with Crippen molar-refractivity contribution in [2.75, 3.05) is 26.2 Å². The van der Waals surface area contributed by atoms with Gasteiger partial charge in [0.1, 0.15) is 0 Å². The van der Waals surface area contributed by atoms with Crippen LogP contribution in [0.25, 0.3) is 0 Å². The van der Waals surface area contributed by atoms with Crippen molar-refractivity contribution < 1.29 is 5.11 Å². The van der Waals surface area contributed by atoms with Gasteiger partial charge in [0.2, 0.25) is 0 Å². The van der Waals surface area contributed by atoms with E-state index in [0.29, 0.717) is 0 Å². The van der Waals surface area contributed by atoms with Crippen molar-refractivity contribution in [2.45, 2.75) is 39.2 Å². The van der Waals surface area contributed by atoms with Gasteiger partial charge in [-0.3, -0.25) is 0 Å². The summed E-state index contributed by atoms with van der Waals surface area (Å²) in [6.07, 6.45) is 3.00. The van der Waals surface area contributed by atoms with Crippen LogP contribution in [0.4, 0.5) is 0 Å². The average molecular weight is 188 g/mol. The molecule has 0 aromatic carbocycles. The van der Waals surface area contributed by atoms with Gasteiger partial charge >= 0.3 is 0 Å². The van der Waals surface area contributed by atoms with Crippen LogP contribution in [0, 0.1) is 0 Å². The van der Waals surface area contributed by atoms with Crippen molar-refractivity contribution in [3.63, 3.8) is 0 Å². The molecular weight excluding hydrogens is 164 g/mol. The van der Waals surface area contributed by atoms with Crippen LogP contribution in [-0.4, -0.2) is 37.4 Å². The molecule has 0 saturated heterocycles. The van der Waals surface area contributed by atoms with Crippen molar-refractivity contribution in [1.29, 1.82) is 0 Å². The van der Waals surface area contributed by atoms with Crippen molar-refractivity contribution in [1.82, 2.24) is 10.6 Å². The van der Waals surface area contributed by atoms with E-state index in [1.54, 1.807) is 0 Å². The molecule has 0 saturated carbocycles. The molecule has 0 fully saturated rings. The first-order chi connectivity index (χ1) is 6.27. The standard InChI is InChI=1S/C10H24N2O/c1-3-6-11-8-9-12-7-4-5-10(2)13/h10-13H,3-9H2,1-2H3. The lowest BCUT2D eigenvalue weighted by Gasteiger charge is -2.06. The molecule has 0 rings (SSSR count). The fraction of sp³-hybridized carbons (Fsp3) is 1.00. The van der Waals surface area contributed by atoms with Gasteiger partial charge in [-0.1, -0.05) is 6.92 Å². The minimum atomic E-state index is -0.153. The SMILES string of the molecule is CCCNCCNCCCC(C)O. The third-order valence-electron chi connectivity index (χ3n) is 1.88. The third-order valence-corrected chi connectivity index (χ3v) is 1.88. The van der Waals surface area contributed by atoms with Gasteiger partial charge in [-0.25, -0.2) is 0 Å². The van der Waals surface area contributed by atoms with E-state index >= 15 is 0 Å². The average Bonchev–Trinajstić information content (AvgIpc) is 2.09. The van der Waals surface area contributed by atoms with Gasteiger partial charge in [0.05, 0.1) is 6.10 Å². The molecule has 0 spiro atoms. The Morgan fingerprint density at radius 2 is 1.69 bits per heavy atom. The highest BCUT2D eigenvalue weighted by molar-refractivity contribution is 4.53. The second kappa shape index (κ2) is 9.96. The Bertz CT molecular complexity index is 96.9. The fourth-order valence-corrected chi connectivity index (χ4v) is 1.13. The van der Waals surface area contributed by atoms with Crippen LogP contribution < -0.4 is 10.6 Å². The van der Waals surface area contributed by atoms with Gasteiger partial charge in [0.25, 0.3) is 0 Å². The number of hydrogen-bond acceptors (Lipinski definition) is 3. The molecule has 80 valence electrons. The van der Waals surface area contributed by atoms with E-state index in [1.165, 1.54) is 6.42 Å². The minimum Gasteiger partial charge on any atom is -0.393 e. The van der Waals surface area contributed by atoms with Crippen LogP contribution in [0.3, 0.4) is 0 Å². The highest BCUT2D eigenvalue weighted by atomic mass is 16.3. The zero-order valence-electron chi connectivity index (χ0n) is 8.97. The Morgan fingerprint density at radius 1 is 1.08 bits per heavy atom. The Morgan fingerprint density at radius 3 is 2.23 bits per heavy atom. The molecule has 3 nitrogen and oxygen atoms in total. The van der Waals surface area contributed by atoms with Gasteiger partial charge in [0, 0.05) is 13.1 Å². The van der Waals surface area contributed by atoms with Gasteiger partial charge in [-0.2, -0.15) is 0 Å². The Labute approximate surface area is 81.9 Å². The summed E-state index contributed by atoms with van der Waals surface area (Å²) in [5.74, 6) is 0. The second-order valence-corrected chi connectivity index (χ2v) is 3.49. The van der Waals surface area contributed by atoms with Gasteiger partial charge in [-0.15, -0.1) is 0 Å². The maximum Gasteiger partial charge on any atom is 0.0512 e. The third kappa shape index (κ3) is 11.9. The molecule has 0 aromatic rings. The summed E-state index contributed by atoms with van der Waals surface area (Å²) in [7, 11) is 0. The van der Waals surface area contributed by atoms with E-state index in [4.69, 9.17) is 5.11 Å². The van der Waals surface area contributed by atoms with Crippen molar-refractivity contribution in [3.8, 4) is 0 Å². The molecule has 0 aliphatic heterocycles. The topological polar surface area (TPSA) is 44.3 Å². The first-order valence-electron chi connectivity index (χ1n) is 5.37. The van der Waals surface area contributed by atoms with Gasteiger partial charge in [-0.05, 0) is 39.3 Å². The summed E-state index contributed by atoms with van der Waals surface area (Å²) < 4.78 is 0. The molecular formula is C10H24N2O. The minimum absolute atomic E-state index is 0.153.